The smallest absolute Gasteiger partial charge is 0.255 e. The van der Waals surface area contributed by atoms with E-state index in [1.54, 1.807) is 17.0 Å². The number of hydrogen-bond acceptors (Lipinski definition) is 5. The molecule has 0 aliphatic carbocycles. The molecule has 3 amide bonds. The highest BCUT2D eigenvalue weighted by atomic mass is 16.5. The maximum Gasteiger partial charge on any atom is 0.255 e. The summed E-state index contributed by atoms with van der Waals surface area (Å²) >= 11 is 0. The van der Waals surface area contributed by atoms with Gasteiger partial charge in [-0.3, -0.25) is 19.7 Å². The fourth-order valence-corrected chi connectivity index (χ4v) is 3.74. The molecule has 0 bridgehead atoms. The lowest BCUT2D eigenvalue weighted by Gasteiger charge is -2.29. The molecule has 3 heterocycles. The van der Waals surface area contributed by atoms with Crippen LogP contribution in [0.3, 0.4) is 0 Å². The number of rotatable bonds is 4. The Morgan fingerprint density at radius 2 is 2.08 bits per heavy atom. The molecule has 2 unspecified atom stereocenters. The zero-order valence-electron chi connectivity index (χ0n) is 13.9. The Morgan fingerprint density at radius 1 is 1.20 bits per heavy atom. The maximum absolute atomic E-state index is 12.6. The highest BCUT2D eigenvalue weighted by Crippen LogP contribution is 2.30. The first-order chi connectivity index (χ1) is 12.1. The largest absolute Gasteiger partial charge is 0.492 e. The van der Waals surface area contributed by atoms with Gasteiger partial charge in [0.1, 0.15) is 18.4 Å². The normalized spacial score (nSPS) is 25.9. The summed E-state index contributed by atoms with van der Waals surface area (Å²) < 4.78 is 5.85. The van der Waals surface area contributed by atoms with Crippen molar-refractivity contribution in [1.29, 1.82) is 0 Å². The second-order valence-corrected chi connectivity index (χ2v) is 6.82. The quantitative estimate of drug-likeness (QED) is 0.781. The van der Waals surface area contributed by atoms with Crippen molar-refractivity contribution >= 4 is 17.7 Å². The number of nitrogens with one attached hydrogen (secondary N) is 2. The van der Waals surface area contributed by atoms with E-state index in [1.807, 2.05) is 6.07 Å². The summed E-state index contributed by atoms with van der Waals surface area (Å²) in [6.45, 7) is 2.02. The van der Waals surface area contributed by atoms with Crippen LogP contribution in [0.5, 0.6) is 5.75 Å². The first-order valence-corrected chi connectivity index (χ1v) is 8.75. The van der Waals surface area contributed by atoms with E-state index in [-0.39, 0.29) is 24.1 Å². The number of fused-ring (bicyclic) bond motifs is 1. The second kappa shape index (κ2) is 6.48. The summed E-state index contributed by atoms with van der Waals surface area (Å²) in [6, 6.07) is 5.26. The van der Waals surface area contributed by atoms with Crippen LogP contribution < -0.4 is 15.4 Å². The molecular formula is C18H21N3O4. The molecule has 2 fully saturated rings. The molecule has 132 valence electrons. The van der Waals surface area contributed by atoms with Crippen LogP contribution >= 0.6 is 0 Å². The average Bonchev–Trinajstić information content (AvgIpc) is 3.21. The van der Waals surface area contributed by atoms with E-state index in [0.29, 0.717) is 31.2 Å². The molecule has 0 aromatic heterocycles. The summed E-state index contributed by atoms with van der Waals surface area (Å²) in [6.07, 6.45) is 2.93. The van der Waals surface area contributed by atoms with Crippen LogP contribution in [-0.2, 0) is 16.1 Å². The van der Waals surface area contributed by atoms with Gasteiger partial charge in [-0.25, -0.2) is 0 Å². The van der Waals surface area contributed by atoms with E-state index in [2.05, 4.69) is 10.6 Å². The van der Waals surface area contributed by atoms with Crippen LogP contribution in [0.25, 0.3) is 0 Å². The molecule has 1 aromatic carbocycles. The van der Waals surface area contributed by atoms with E-state index >= 15 is 0 Å². The lowest BCUT2D eigenvalue weighted by Crippen LogP contribution is -2.52. The van der Waals surface area contributed by atoms with Gasteiger partial charge in [-0.2, -0.15) is 0 Å². The van der Waals surface area contributed by atoms with Crippen molar-refractivity contribution in [1.82, 2.24) is 15.5 Å². The minimum absolute atomic E-state index is 0.159. The second-order valence-electron chi connectivity index (χ2n) is 6.82. The molecule has 0 spiro atoms. The summed E-state index contributed by atoms with van der Waals surface area (Å²) in [5.41, 5.74) is 1.47. The fourth-order valence-electron chi connectivity index (χ4n) is 3.74. The van der Waals surface area contributed by atoms with Crippen LogP contribution in [0.15, 0.2) is 18.2 Å². The number of piperidine rings is 1. The highest BCUT2D eigenvalue weighted by molar-refractivity contribution is 6.05. The zero-order valence-corrected chi connectivity index (χ0v) is 13.9. The van der Waals surface area contributed by atoms with Gasteiger partial charge in [-0.1, -0.05) is 0 Å². The minimum atomic E-state index is -0.579. The van der Waals surface area contributed by atoms with E-state index in [4.69, 9.17) is 4.74 Å². The third kappa shape index (κ3) is 3.11. The third-order valence-corrected chi connectivity index (χ3v) is 5.11. The van der Waals surface area contributed by atoms with Crippen LogP contribution in [0, 0.1) is 0 Å². The fraction of sp³-hybridized carbons (Fsp3) is 0.500. The number of hydrogen-bond donors (Lipinski definition) is 2. The number of amides is 3. The van der Waals surface area contributed by atoms with Crippen molar-refractivity contribution in [2.45, 2.75) is 44.3 Å². The zero-order chi connectivity index (χ0) is 17.4. The van der Waals surface area contributed by atoms with E-state index < -0.39 is 6.04 Å². The Balaban J connectivity index is 1.45. The number of carbonyl (C=O) groups is 3. The first kappa shape index (κ1) is 16.1. The SMILES string of the molecule is O=C1CCC(N2Cc3cc(OCC4CCCN4)ccc3C2=O)C(=O)N1. The first-order valence-electron chi connectivity index (χ1n) is 8.75. The molecule has 7 nitrogen and oxygen atoms in total. The van der Waals surface area contributed by atoms with Crippen molar-refractivity contribution in [2.24, 2.45) is 0 Å². The van der Waals surface area contributed by atoms with Crippen LogP contribution in [0.4, 0.5) is 0 Å². The van der Waals surface area contributed by atoms with E-state index in [9.17, 15) is 14.4 Å². The minimum Gasteiger partial charge on any atom is -0.492 e. The van der Waals surface area contributed by atoms with Gasteiger partial charge in [0.15, 0.2) is 0 Å². The summed E-state index contributed by atoms with van der Waals surface area (Å²) in [4.78, 5) is 37.5. The summed E-state index contributed by atoms with van der Waals surface area (Å²) in [5, 5.41) is 5.70. The molecule has 25 heavy (non-hydrogen) atoms. The molecule has 3 aliphatic rings. The molecule has 3 aliphatic heterocycles. The molecule has 2 atom stereocenters. The molecule has 1 aromatic rings. The molecule has 0 saturated carbocycles. The van der Waals surface area contributed by atoms with Crippen LogP contribution in [0.1, 0.15) is 41.6 Å². The van der Waals surface area contributed by atoms with Gasteiger partial charge < -0.3 is 15.0 Å². The Bertz CT molecular complexity index is 727. The number of carbonyl (C=O) groups excluding carboxylic acids is 3. The van der Waals surface area contributed by atoms with Crippen LogP contribution in [-0.4, -0.2) is 47.9 Å². The Hall–Kier alpha value is -2.41. The predicted molar refractivity (Wildman–Crippen MR) is 89.0 cm³/mol. The van der Waals surface area contributed by atoms with Gasteiger partial charge in [0.2, 0.25) is 11.8 Å². The summed E-state index contributed by atoms with van der Waals surface area (Å²) in [5.74, 6) is -0.0818. The number of benzene rings is 1. The van der Waals surface area contributed by atoms with Crippen molar-refractivity contribution < 1.29 is 19.1 Å². The lowest BCUT2D eigenvalue weighted by molar-refractivity contribution is -0.136. The van der Waals surface area contributed by atoms with Gasteiger partial charge >= 0.3 is 0 Å². The predicted octanol–water partition coefficient (Wildman–Crippen LogP) is 0.578. The van der Waals surface area contributed by atoms with Gasteiger partial charge in [-0.05, 0) is 49.6 Å². The van der Waals surface area contributed by atoms with Crippen molar-refractivity contribution in [3.8, 4) is 5.75 Å². The van der Waals surface area contributed by atoms with Gasteiger partial charge in [-0.15, -0.1) is 0 Å². The van der Waals surface area contributed by atoms with E-state index in [1.165, 1.54) is 6.42 Å². The Kier molecular flexibility index (Phi) is 4.17. The number of imide groups is 1. The van der Waals surface area contributed by atoms with Gasteiger partial charge in [0, 0.05) is 24.6 Å². The number of ether oxygens (including phenoxy) is 1. The highest BCUT2D eigenvalue weighted by Gasteiger charge is 2.39. The standard InChI is InChI=1S/C18H21N3O4/c22-16-6-5-15(17(23)20-16)21-9-11-8-13(3-4-14(11)18(21)24)25-10-12-2-1-7-19-12/h3-4,8,12,15,19H,1-2,5-7,9-10H2,(H,20,22,23). The topological polar surface area (TPSA) is 87.7 Å². The Morgan fingerprint density at radius 3 is 2.84 bits per heavy atom. The number of nitrogens with zero attached hydrogens (tertiary/aromatic N) is 1. The lowest BCUT2D eigenvalue weighted by atomic mass is 10.0. The monoisotopic (exact) mass is 343 g/mol. The maximum atomic E-state index is 12.6. The molecule has 2 N–H and O–H groups in total. The molecule has 2 saturated heterocycles. The summed E-state index contributed by atoms with van der Waals surface area (Å²) in [7, 11) is 0. The molecule has 0 radical (unpaired) electrons. The average molecular weight is 343 g/mol. The molecule has 4 rings (SSSR count). The Labute approximate surface area is 145 Å². The van der Waals surface area contributed by atoms with Crippen LogP contribution in [0.2, 0.25) is 0 Å². The van der Waals surface area contributed by atoms with Crippen molar-refractivity contribution in [2.75, 3.05) is 13.2 Å². The van der Waals surface area contributed by atoms with Crippen molar-refractivity contribution in [3.63, 3.8) is 0 Å². The van der Waals surface area contributed by atoms with E-state index in [0.717, 1.165) is 24.3 Å². The third-order valence-electron chi connectivity index (χ3n) is 5.11. The van der Waals surface area contributed by atoms with Gasteiger partial charge in [0.25, 0.3) is 5.91 Å². The van der Waals surface area contributed by atoms with Gasteiger partial charge in [0.05, 0.1) is 0 Å². The molecular weight excluding hydrogens is 322 g/mol. The molecule has 7 heteroatoms. The van der Waals surface area contributed by atoms with Crippen molar-refractivity contribution in [3.05, 3.63) is 29.3 Å².